The Bertz CT molecular complexity index is 835. The molecule has 22 heavy (non-hydrogen) atoms. The van der Waals surface area contributed by atoms with Crippen LogP contribution in [0.1, 0.15) is 15.9 Å². The topological polar surface area (TPSA) is 39.2 Å². The monoisotopic (exact) mass is 289 g/mol. The van der Waals surface area contributed by atoms with Crippen molar-refractivity contribution in [2.75, 3.05) is 7.11 Å². The molecule has 0 saturated carbocycles. The van der Waals surface area contributed by atoms with Gasteiger partial charge < -0.3 is 4.74 Å². The number of fused-ring (bicyclic) bond motifs is 1. The Morgan fingerprint density at radius 2 is 1.86 bits per heavy atom. The van der Waals surface area contributed by atoms with Gasteiger partial charge in [-0.1, -0.05) is 18.2 Å². The molecule has 0 bridgehead atoms. The number of carbonyl (C=O) groups excluding carboxylic acids is 1. The summed E-state index contributed by atoms with van der Waals surface area (Å²) in [6, 6.07) is 17.0. The fourth-order valence-electron chi connectivity index (χ4n) is 2.20. The van der Waals surface area contributed by atoms with Gasteiger partial charge in [0.15, 0.2) is 5.78 Å². The van der Waals surface area contributed by atoms with Crippen molar-refractivity contribution in [1.29, 1.82) is 0 Å². The highest BCUT2D eigenvalue weighted by Crippen LogP contribution is 2.15. The van der Waals surface area contributed by atoms with Crippen LogP contribution in [0.5, 0.6) is 5.75 Å². The first-order valence-corrected chi connectivity index (χ1v) is 6.97. The third-order valence-electron chi connectivity index (χ3n) is 3.41. The molecule has 0 fully saturated rings. The first-order chi connectivity index (χ1) is 10.8. The molecule has 108 valence electrons. The number of para-hydroxylation sites is 1. The Labute approximate surface area is 128 Å². The molecule has 3 rings (SSSR count). The number of aromatic nitrogens is 1. The van der Waals surface area contributed by atoms with E-state index in [1.807, 2.05) is 30.3 Å². The van der Waals surface area contributed by atoms with Gasteiger partial charge in [-0.25, -0.2) is 0 Å². The highest BCUT2D eigenvalue weighted by molar-refractivity contribution is 6.07. The van der Waals surface area contributed by atoms with Crippen LogP contribution in [0, 0.1) is 0 Å². The van der Waals surface area contributed by atoms with Gasteiger partial charge >= 0.3 is 0 Å². The standard InChI is InChI=1S/C19H15NO2/c1-22-17-9-7-15(8-10-17)19(21)11-6-14-12-16-4-2-3-5-18(16)20-13-14/h2-13H,1H3/b11-6+. The second-order valence-corrected chi connectivity index (χ2v) is 4.89. The lowest BCUT2D eigenvalue weighted by Crippen LogP contribution is -1.94. The van der Waals surface area contributed by atoms with Crippen LogP contribution in [0.3, 0.4) is 0 Å². The van der Waals surface area contributed by atoms with Gasteiger partial charge in [0.25, 0.3) is 0 Å². The third kappa shape index (κ3) is 3.04. The molecule has 0 aliphatic heterocycles. The van der Waals surface area contributed by atoms with Crippen LogP contribution in [0.2, 0.25) is 0 Å². The summed E-state index contributed by atoms with van der Waals surface area (Å²) < 4.78 is 5.08. The Hall–Kier alpha value is -2.94. The summed E-state index contributed by atoms with van der Waals surface area (Å²) >= 11 is 0. The summed E-state index contributed by atoms with van der Waals surface area (Å²) in [5, 5.41) is 1.06. The molecule has 3 aromatic rings. The molecule has 0 saturated heterocycles. The van der Waals surface area contributed by atoms with Gasteiger partial charge in [0.1, 0.15) is 5.75 Å². The predicted octanol–water partition coefficient (Wildman–Crippen LogP) is 4.14. The molecule has 0 unspecified atom stereocenters. The molecule has 1 heterocycles. The number of hydrogen-bond donors (Lipinski definition) is 0. The lowest BCUT2D eigenvalue weighted by molar-refractivity contribution is 0.104. The minimum Gasteiger partial charge on any atom is -0.497 e. The molecule has 3 heteroatoms. The van der Waals surface area contributed by atoms with E-state index in [0.717, 1.165) is 22.2 Å². The van der Waals surface area contributed by atoms with Crippen molar-refractivity contribution in [2.45, 2.75) is 0 Å². The van der Waals surface area contributed by atoms with Crippen LogP contribution in [0.25, 0.3) is 17.0 Å². The van der Waals surface area contributed by atoms with Crippen molar-refractivity contribution in [3.05, 3.63) is 78.0 Å². The van der Waals surface area contributed by atoms with Crippen LogP contribution in [0.15, 0.2) is 66.9 Å². The Balaban J connectivity index is 1.80. The Morgan fingerprint density at radius 3 is 2.64 bits per heavy atom. The number of carbonyl (C=O) groups is 1. The van der Waals surface area contributed by atoms with Gasteiger partial charge in [0.2, 0.25) is 0 Å². The Kier molecular flexibility index (Phi) is 3.97. The van der Waals surface area contributed by atoms with Crippen LogP contribution >= 0.6 is 0 Å². The molecule has 0 aliphatic rings. The van der Waals surface area contributed by atoms with E-state index in [4.69, 9.17) is 4.74 Å². The molecule has 1 aromatic heterocycles. The number of ketones is 1. The van der Waals surface area contributed by atoms with Crippen LogP contribution in [-0.4, -0.2) is 17.9 Å². The minimum absolute atomic E-state index is 0.0455. The number of methoxy groups -OCH3 is 1. The number of hydrogen-bond acceptors (Lipinski definition) is 3. The van der Waals surface area contributed by atoms with E-state index in [1.165, 1.54) is 0 Å². The minimum atomic E-state index is -0.0455. The first kappa shape index (κ1) is 14.0. The van der Waals surface area contributed by atoms with Gasteiger partial charge in [-0.3, -0.25) is 9.78 Å². The highest BCUT2D eigenvalue weighted by atomic mass is 16.5. The van der Waals surface area contributed by atoms with Gasteiger partial charge in [-0.05, 0) is 54.1 Å². The average molecular weight is 289 g/mol. The molecule has 0 spiro atoms. The summed E-state index contributed by atoms with van der Waals surface area (Å²) in [4.78, 5) is 16.5. The van der Waals surface area contributed by atoms with E-state index in [1.54, 1.807) is 49.7 Å². The fraction of sp³-hybridized carbons (Fsp3) is 0.0526. The number of pyridine rings is 1. The maximum Gasteiger partial charge on any atom is 0.185 e. The molecular formula is C19H15NO2. The van der Waals surface area contributed by atoms with Crippen molar-refractivity contribution in [3.8, 4) is 5.75 Å². The molecular weight excluding hydrogens is 274 g/mol. The van der Waals surface area contributed by atoms with Gasteiger partial charge in [-0.15, -0.1) is 0 Å². The largest absolute Gasteiger partial charge is 0.497 e. The Morgan fingerprint density at radius 1 is 1.09 bits per heavy atom. The van der Waals surface area contributed by atoms with Crippen molar-refractivity contribution in [1.82, 2.24) is 4.98 Å². The summed E-state index contributed by atoms with van der Waals surface area (Å²) in [6.45, 7) is 0. The van der Waals surface area contributed by atoms with Crippen molar-refractivity contribution < 1.29 is 9.53 Å². The highest BCUT2D eigenvalue weighted by Gasteiger charge is 2.02. The molecule has 0 amide bonds. The number of benzene rings is 2. The average Bonchev–Trinajstić information content (AvgIpc) is 2.59. The maximum absolute atomic E-state index is 12.1. The SMILES string of the molecule is COc1ccc(C(=O)/C=C/c2cnc3ccccc3c2)cc1. The molecule has 2 aromatic carbocycles. The van der Waals surface area contributed by atoms with Gasteiger partial charge in [-0.2, -0.15) is 0 Å². The molecule has 0 atom stereocenters. The van der Waals surface area contributed by atoms with Crippen molar-refractivity contribution in [2.24, 2.45) is 0 Å². The second kappa shape index (κ2) is 6.22. The lowest BCUT2D eigenvalue weighted by Gasteiger charge is -2.00. The summed E-state index contributed by atoms with van der Waals surface area (Å²) in [5.41, 5.74) is 2.48. The van der Waals surface area contributed by atoms with Gasteiger partial charge in [0.05, 0.1) is 12.6 Å². The number of allylic oxidation sites excluding steroid dienone is 1. The summed E-state index contributed by atoms with van der Waals surface area (Å²) in [6.07, 6.45) is 5.11. The van der Waals surface area contributed by atoms with E-state index in [2.05, 4.69) is 4.98 Å². The van der Waals surface area contributed by atoms with E-state index in [9.17, 15) is 4.79 Å². The van der Waals surface area contributed by atoms with Crippen LogP contribution in [0.4, 0.5) is 0 Å². The van der Waals surface area contributed by atoms with Gasteiger partial charge in [0, 0.05) is 17.1 Å². The summed E-state index contributed by atoms with van der Waals surface area (Å²) in [5.74, 6) is 0.690. The lowest BCUT2D eigenvalue weighted by atomic mass is 10.1. The zero-order valence-electron chi connectivity index (χ0n) is 12.2. The van der Waals surface area contributed by atoms with Crippen molar-refractivity contribution >= 4 is 22.8 Å². The smallest absolute Gasteiger partial charge is 0.185 e. The molecule has 0 aliphatic carbocycles. The number of rotatable bonds is 4. The van der Waals surface area contributed by atoms with Crippen molar-refractivity contribution in [3.63, 3.8) is 0 Å². The molecule has 3 nitrogen and oxygen atoms in total. The summed E-state index contributed by atoms with van der Waals surface area (Å²) in [7, 11) is 1.60. The zero-order valence-corrected chi connectivity index (χ0v) is 12.2. The quantitative estimate of drug-likeness (QED) is 0.535. The van der Waals surface area contributed by atoms with Crippen LogP contribution in [-0.2, 0) is 0 Å². The maximum atomic E-state index is 12.1. The predicted molar refractivity (Wildman–Crippen MR) is 88.1 cm³/mol. The van der Waals surface area contributed by atoms with Crippen LogP contribution < -0.4 is 4.74 Å². The second-order valence-electron chi connectivity index (χ2n) is 4.89. The molecule has 0 radical (unpaired) electrons. The van der Waals surface area contributed by atoms with E-state index in [-0.39, 0.29) is 5.78 Å². The first-order valence-electron chi connectivity index (χ1n) is 6.97. The van der Waals surface area contributed by atoms with E-state index < -0.39 is 0 Å². The normalized spacial score (nSPS) is 11.0. The van der Waals surface area contributed by atoms with E-state index >= 15 is 0 Å². The van der Waals surface area contributed by atoms with E-state index in [0.29, 0.717) is 5.56 Å². The zero-order chi connectivity index (χ0) is 15.4. The fourth-order valence-corrected chi connectivity index (χ4v) is 2.20. The number of nitrogens with zero attached hydrogens (tertiary/aromatic N) is 1. The molecule has 0 N–H and O–H groups in total. The third-order valence-corrected chi connectivity index (χ3v) is 3.41. The number of ether oxygens (including phenoxy) is 1.